The number of rotatable bonds is 3. The molecule has 1 saturated heterocycles. The van der Waals surface area contributed by atoms with Crippen molar-refractivity contribution in [1.29, 1.82) is 0 Å². The van der Waals surface area contributed by atoms with Crippen LogP contribution in [0.4, 0.5) is 18.9 Å². The van der Waals surface area contributed by atoms with E-state index in [2.05, 4.69) is 4.98 Å². The molecule has 0 bridgehead atoms. The van der Waals surface area contributed by atoms with Crippen molar-refractivity contribution < 1.29 is 28.2 Å². The lowest BCUT2D eigenvalue weighted by Gasteiger charge is -2.41. The number of piperidine rings is 1. The van der Waals surface area contributed by atoms with Crippen molar-refractivity contribution in [2.45, 2.75) is 30.8 Å². The zero-order valence-electron chi connectivity index (χ0n) is 15.8. The summed E-state index contributed by atoms with van der Waals surface area (Å²) < 4.78 is 39.6. The number of anilines is 1. The van der Waals surface area contributed by atoms with Gasteiger partial charge in [0.2, 0.25) is 0 Å². The number of pyridine rings is 1. The molecular formula is C22H19F3N2O3. The van der Waals surface area contributed by atoms with Crippen molar-refractivity contribution in [2.24, 2.45) is 0 Å². The molecule has 0 aliphatic carbocycles. The summed E-state index contributed by atoms with van der Waals surface area (Å²) in [5.41, 5.74) is 2.73. The molecule has 5 nitrogen and oxygen atoms in total. The highest BCUT2D eigenvalue weighted by atomic mass is 19.4. The number of halogens is 3. The lowest BCUT2D eigenvalue weighted by atomic mass is 9.92. The molecule has 0 amide bonds. The van der Waals surface area contributed by atoms with Crippen molar-refractivity contribution >= 4 is 22.4 Å². The van der Waals surface area contributed by atoms with E-state index in [1.165, 1.54) is 4.90 Å². The van der Waals surface area contributed by atoms with Crippen LogP contribution in [0.25, 0.3) is 22.0 Å². The molecule has 4 rings (SSSR count). The van der Waals surface area contributed by atoms with Gasteiger partial charge in [-0.05, 0) is 35.4 Å². The number of benzene rings is 2. The van der Waals surface area contributed by atoms with Gasteiger partial charge in [-0.1, -0.05) is 30.3 Å². The average molecular weight is 416 g/mol. The van der Waals surface area contributed by atoms with Crippen LogP contribution < -0.4 is 4.90 Å². The topological polar surface area (TPSA) is 73.7 Å². The molecule has 0 spiro atoms. The van der Waals surface area contributed by atoms with Crippen LogP contribution >= 0.6 is 0 Å². The third-order valence-corrected chi connectivity index (χ3v) is 5.40. The number of hydrogen-bond acceptors (Lipinski definition) is 5. The molecule has 1 aliphatic heterocycles. The number of hydrogen-bond donors (Lipinski definition) is 2. The number of alkyl halides is 3. The number of ketones is 1. The minimum absolute atomic E-state index is 0.363. The van der Waals surface area contributed by atoms with Crippen molar-refractivity contribution in [2.75, 3.05) is 11.4 Å². The molecule has 2 aromatic carbocycles. The molecule has 156 valence electrons. The molecule has 1 aromatic heterocycles. The second-order valence-corrected chi connectivity index (χ2v) is 7.33. The van der Waals surface area contributed by atoms with Gasteiger partial charge in [-0.3, -0.25) is 9.78 Å². The van der Waals surface area contributed by atoms with Crippen LogP contribution in [0.2, 0.25) is 0 Å². The summed E-state index contributed by atoms with van der Waals surface area (Å²) >= 11 is 0. The van der Waals surface area contributed by atoms with E-state index in [-0.39, 0.29) is 0 Å². The zero-order chi connectivity index (χ0) is 21.5. The van der Waals surface area contributed by atoms with Gasteiger partial charge in [-0.15, -0.1) is 0 Å². The highest BCUT2D eigenvalue weighted by molar-refractivity contribution is 5.95. The first-order valence-corrected chi connectivity index (χ1v) is 9.42. The van der Waals surface area contributed by atoms with E-state index in [9.17, 15) is 28.2 Å². The summed E-state index contributed by atoms with van der Waals surface area (Å²) in [6, 6.07) is 14.6. The van der Waals surface area contributed by atoms with Crippen LogP contribution in [0.3, 0.4) is 0 Å². The van der Waals surface area contributed by atoms with Gasteiger partial charge in [-0.2, -0.15) is 13.2 Å². The fourth-order valence-electron chi connectivity index (χ4n) is 3.89. The Hall–Kier alpha value is -2.97. The monoisotopic (exact) mass is 416 g/mol. The second-order valence-electron chi connectivity index (χ2n) is 7.33. The number of carbonyl (C=O) groups is 1. The standard InChI is InChI=1S/C22H19F3N2O3/c23-22(24,25)21(30)18-11-19(28)20(29)12-27(18)14-5-1-4-13(10-14)15-6-2-8-17-16(15)7-3-9-26-17/h1-10,18-19,21,28,30H,11-12H2. The lowest BCUT2D eigenvalue weighted by molar-refractivity contribution is -0.212. The van der Waals surface area contributed by atoms with Gasteiger partial charge in [0.15, 0.2) is 11.9 Å². The van der Waals surface area contributed by atoms with Gasteiger partial charge in [0.1, 0.15) is 6.10 Å². The van der Waals surface area contributed by atoms with Gasteiger partial charge < -0.3 is 15.1 Å². The van der Waals surface area contributed by atoms with Crippen molar-refractivity contribution in [3.63, 3.8) is 0 Å². The maximum absolute atomic E-state index is 13.2. The summed E-state index contributed by atoms with van der Waals surface area (Å²) in [7, 11) is 0. The number of nitrogens with zero attached hydrogens (tertiary/aromatic N) is 2. The number of carbonyl (C=O) groups excluding carboxylic acids is 1. The number of fused-ring (bicyclic) bond motifs is 1. The lowest BCUT2D eigenvalue weighted by Crippen LogP contribution is -2.58. The Morgan fingerprint density at radius 1 is 1.10 bits per heavy atom. The zero-order valence-corrected chi connectivity index (χ0v) is 15.8. The first-order chi connectivity index (χ1) is 14.3. The van der Waals surface area contributed by atoms with Crippen molar-refractivity contribution in [3.8, 4) is 11.1 Å². The SMILES string of the molecule is O=C1CN(c2cccc(-c3cccc4ncccc34)c2)C(C(O)C(F)(F)F)CC1O. The first-order valence-electron chi connectivity index (χ1n) is 9.42. The predicted octanol–water partition coefficient (Wildman–Crippen LogP) is 3.33. The fraction of sp³-hybridized carbons (Fsp3) is 0.273. The maximum atomic E-state index is 13.2. The summed E-state index contributed by atoms with van der Waals surface area (Å²) in [5, 5.41) is 20.6. The highest BCUT2D eigenvalue weighted by Gasteiger charge is 2.49. The largest absolute Gasteiger partial charge is 0.416 e. The summed E-state index contributed by atoms with van der Waals surface area (Å²) in [5.74, 6) is -0.583. The van der Waals surface area contributed by atoms with Gasteiger partial charge >= 0.3 is 6.18 Å². The molecule has 2 N–H and O–H groups in total. The van der Waals surface area contributed by atoms with Crippen LogP contribution in [-0.2, 0) is 4.79 Å². The summed E-state index contributed by atoms with van der Waals surface area (Å²) in [6.45, 7) is -0.417. The van der Waals surface area contributed by atoms with E-state index in [1.54, 1.807) is 30.5 Å². The minimum atomic E-state index is -4.87. The van der Waals surface area contributed by atoms with Crippen LogP contribution in [0, 0.1) is 0 Å². The molecule has 1 aliphatic rings. The number of aliphatic hydroxyl groups excluding tert-OH is 2. The van der Waals surface area contributed by atoms with E-state index in [1.807, 2.05) is 30.3 Å². The molecule has 8 heteroatoms. The Balaban J connectivity index is 1.77. The van der Waals surface area contributed by atoms with Crippen molar-refractivity contribution in [1.82, 2.24) is 4.98 Å². The molecule has 0 saturated carbocycles. The summed E-state index contributed by atoms with van der Waals surface area (Å²) in [6.07, 6.45) is -7.92. The molecule has 3 aromatic rings. The number of aromatic nitrogens is 1. The molecule has 3 atom stereocenters. The third kappa shape index (κ3) is 3.76. The average Bonchev–Trinajstić information content (AvgIpc) is 2.74. The first kappa shape index (κ1) is 20.3. The maximum Gasteiger partial charge on any atom is 0.416 e. The Labute approximate surface area is 170 Å². The Morgan fingerprint density at radius 3 is 2.63 bits per heavy atom. The molecule has 3 unspecified atom stereocenters. The van der Waals surface area contributed by atoms with E-state index in [0.29, 0.717) is 5.69 Å². The van der Waals surface area contributed by atoms with Crippen LogP contribution in [0.1, 0.15) is 6.42 Å². The summed E-state index contributed by atoms with van der Waals surface area (Å²) in [4.78, 5) is 17.6. The Bertz CT molecular complexity index is 1080. The highest BCUT2D eigenvalue weighted by Crippen LogP contribution is 2.35. The van der Waals surface area contributed by atoms with Gasteiger partial charge in [0.05, 0.1) is 18.1 Å². The van der Waals surface area contributed by atoms with Gasteiger partial charge in [0.25, 0.3) is 0 Å². The quantitative estimate of drug-likeness (QED) is 0.685. The molecule has 1 fully saturated rings. The normalized spacial score (nSPS) is 21.1. The third-order valence-electron chi connectivity index (χ3n) is 5.40. The molecule has 30 heavy (non-hydrogen) atoms. The van der Waals surface area contributed by atoms with E-state index < -0.39 is 43.2 Å². The molecule has 2 heterocycles. The minimum Gasteiger partial charge on any atom is -0.385 e. The predicted molar refractivity (Wildman–Crippen MR) is 106 cm³/mol. The van der Waals surface area contributed by atoms with Crippen LogP contribution in [0.5, 0.6) is 0 Å². The smallest absolute Gasteiger partial charge is 0.385 e. The van der Waals surface area contributed by atoms with E-state index >= 15 is 0 Å². The number of aliphatic hydroxyl groups is 2. The van der Waals surface area contributed by atoms with E-state index in [4.69, 9.17) is 0 Å². The van der Waals surface area contributed by atoms with E-state index in [0.717, 1.165) is 22.0 Å². The van der Waals surface area contributed by atoms with Crippen LogP contribution in [-0.4, -0.2) is 52.0 Å². The Morgan fingerprint density at radius 2 is 1.87 bits per heavy atom. The van der Waals surface area contributed by atoms with Crippen LogP contribution in [0.15, 0.2) is 60.8 Å². The molecular weight excluding hydrogens is 397 g/mol. The Kier molecular flexibility index (Phi) is 5.21. The fourth-order valence-corrected chi connectivity index (χ4v) is 3.89. The number of Topliss-reactive ketones (excluding diaryl/α,β-unsaturated/α-hetero) is 1. The van der Waals surface area contributed by atoms with Crippen molar-refractivity contribution in [3.05, 3.63) is 60.8 Å². The van der Waals surface area contributed by atoms with Gasteiger partial charge in [-0.25, -0.2) is 0 Å². The second kappa shape index (κ2) is 7.70. The van der Waals surface area contributed by atoms with Gasteiger partial charge in [0, 0.05) is 23.7 Å². The molecule has 0 radical (unpaired) electrons.